The molecular formula is C33H29N9O2. The van der Waals surface area contributed by atoms with Gasteiger partial charge in [0.2, 0.25) is 5.91 Å². The van der Waals surface area contributed by atoms with E-state index in [0.29, 0.717) is 37.7 Å². The minimum atomic E-state index is -0.326. The number of fused-ring (bicyclic) bond motifs is 1. The van der Waals surface area contributed by atoms with Gasteiger partial charge in [0.25, 0.3) is 5.91 Å². The average Bonchev–Trinajstić information content (AvgIpc) is 3.76. The van der Waals surface area contributed by atoms with Gasteiger partial charge in [0.15, 0.2) is 5.82 Å². The fraction of sp³-hybridized carbons (Fsp3) is 0.152. The largest absolute Gasteiger partial charge is 0.368 e. The Morgan fingerprint density at radius 3 is 2.32 bits per heavy atom. The number of carbonyl (C=O) groups excluding carboxylic acids is 2. The minimum Gasteiger partial charge on any atom is -0.368 e. The molecule has 1 aliphatic heterocycles. The lowest BCUT2D eigenvalue weighted by molar-refractivity contribution is -0.130. The van der Waals surface area contributed by atoms with Crippen molar-refractivity contribution in [2.75, 3.05) is 37.6 Å². The molecule has 2 amide bonds. The highest BCUT2D eigenvalue weighted by atomic mass is 16.2. The topological polar surface area (TPSA) is 136 Å². The standard InChI is InChI=1S/C33H29N9O2/c43-30(42-16-14-41(15-17-42)26-5-2-23(3-6-26)32-35-10-1-11-36-32)21-38-33(44)29-19-25(20-37-29)24-4-7-28-27(18-24)31(40-39-28)22-8-12-34-13-9-22/h1-13,18-20,37H,14-17,21H2,(H,38,44)(H,39,40). The Morgan fingerprint density at radius 2 is 1.55 bits per heavy atom. The summed E-state index contributed by atoms with van der Waals surface area (Å²) in [5.41, 5.74) is 6.99. The highest BCUT2D eigenvalue weighted by Crippen LogP contribution is 2.30. The molecule has 44 heavy (non-hydrogen) atoms. The molecule has 1 aliphatic rings. The summed E-state index contributed by atoms with van der Waals surface area (Å²) in [5.74, 6) is 0.265. The number of hydrogen-bond donors (Lipinski definition) is 3. The van der Waals surface area contributed by atoms with Gasteiger partial charge in [-0.05, 0) is 71.8 Å². The number of pyridine rings is 1. The minimum absolute atomic E-state index is 0.0603. The van der Waals surface area contributed by atoms with Crippen molar-refractivity contribution in [1.29, 1.82) is 0 Å². The molecule has 0 atom stereocenters. The lowest BCUT2D eigenvalue weighted by Crippen LogP contribution is -2.51. The van der Waals surface area contributed by atoms with Crippen LogP contribution in [0.3, 0.4) is 0 Å². The lowest BCUT2D eigenvalue weighted by atomic mass is 10.0. The number of benzene rings is 2. The van der Waals surface area contributed by atoms with Gasteiger partial charge < -0.3 is 20.1 Å². The zero-order chi connectivity index (χ0) is 29.9. The maximum absolute atomic E-state index is 12.9. The van der Waals surface area contributed by atoms with Crippen molar-refractivity contribution in [2.24, 2.45) is 0 Å². The van der Waals surface area contributed by atoms with Gasteiger partial charge in [-0.3, -0.25) is 19.7 Å². The van der Waals surface area contributed by atoms with Crippen LogP contribution >= 0.6 is 0 Å². The number of nitrogens with zero attached hydrogens (tertiary/aromatic N) is 6. The van der Waals surface area contributed by atoms with Crippen molar-refractivity contribution < 1.29 is 9.59 Å². The van der Waals surface area contributed by atoms with Crippen LogP contribution in [0.25, 0.3) is 44.7 Å². The highest BCUT2D eigenvalue weighted by molar-refractivity contribution is 5.98. The van der Waals surface area contributed by atoms with Gasteiger partial charge >= 0.3 is 0 Å². The normalized spacial score (nSPS) is 13.3. The number of amides is 2. The second kappa shape index (κ2) is 11.8. The van der Waals surface area contributed by atoms with Crippen LogP contribution in [0, 0.1) is 0 Å². The smallest absolute Gasteiger partial charge is 0.268 e. The summed E-state index contributed by atoms with van der Waals surface area (Å²) < 4.78 is 0. The van der Waals surface area contributed by atoms with Crippen LogP contribution in [-0.2, 0) is 4.79 Å². The van der Waals surface area contributed by atoms with Gasteiger partial charge in [-0.2, -0.15) is 5.10 Å². The average molecular weight is 584 g/mol. The summed E-state index contributed by atoms with van der Waals surface area (Å²) >= 11 is 0. The molecular weight excluding hydrogens is 554 g/mol. The molecule has 2 aromatic carbocycles. The van der Waals surface area contributed by atoms with E-state index in [9.17, 15) is 9.59 Å². The van der Waals surface area contributed by atoms with E-state index >= 15 is 0 Å². The zero-order valence-electron chi connectivity index (χ0n) is 23.8. The number of rotatable bonds is 7. The number of aromatic amines is 2. The maximum Gasteiger partial charge on any atom is 0.268 e. The van der Waals surface area contributed by atoms with E-state index in [4.69, 9.17) is 0 Å². The van der Waals surface area contributed by atoms with Crippen molar-refractivity contribution in [2.45, 2.75) is 0 Å². The summed E-state index contributed by atoms with van der Waals surface area (Å²) in [6, 6.07) is 21.6. The highest BCUT2D eigenvalue weighted by Gasteiger charge is 2.22. The monoisotopic (exact) mass is 583 g/mol. The van der Waals surface area contributed by atoms with E-state index < -0.39 is 0 Å². The van der Waals surface area contributed by atoms with E-state index in [1.165, 1.54) is 0 Å². The van der Waals surface area contributed by atoms with Crippen LogP contribution in [-0.4, -0.2) is 79.6 Å². The predicted octanol–water partition coefficient (Wildman–Crippen LogP) is 4.16. The lowest BCUT2D eigenvalue weighted by Gasteiger charge is -2.36. The third-order valence-corrected chi connectivity index (χ3v) is 7.87. The van der Waals surface area contributed by atoms with Crippen LogP contribution in [0.2, 0.25) is 0 Å². The number of piperazine rings is 1. The number of hydrogen-bond acceptors (Lipinski definition) is 7. The number of nitrogens with one attached hydrogen (secondary N) is 3. The molecule has 218 valence electrons. The number of H-pyrrole nitrogens is 2. The summed E-state index contributed by atoms with van der Waals surface area (Å²) in [6.07, 6.45) is 8.73. The first kappa shape index (κ1) is 27.0. The van der Waals surface area contributed by atoms with E-state index in [-0.39, 0.29) is 18.4 Å². The van der Waals surface area contributed by atoms with Crippen molar-refractivity contribution in [3.63, 3.8) is 0 Å². The summed E-state index contributed by atoms with van der Waals surface area (Å²) in [7, 11) is 0. The molecule has 7 rings (SSSR count). The van der Waals surface area contributed by atoms with Crippen molar-refractivity contribution in [1.82, 2.24) is 40.3 Å². The molecule has 11 heteroatoms. The predicted molar refractivity (Wildman–Crippen MR) is 168 cm³/mol. The Kier molecular flexibility index (Phi) is 7.25. The van der Waals surface area contributed by atoms with Gasteiger partial charge in [0, 0.05) is 79.4 Å². The molecule has 3 N–H and O–H groups in total. The summed E-state index contributed by atoms with van der Waals surface area (Å²) in [6.45, 7) is 2.54. The summed E-state index contributed by atoms with van der Waals surface area (Å²) in [5, 5.41) is 11.3. The van der Waals surface area contributed by atoms with E-state index in [1.54, 1.807) is 48.0 Å². The maximum atomic E-state index is 12.9. The molecule has 0 saturated carbocycles. The Balaban J connectivity index is 0.935. The Morgan fingerprint density at radius 1 is 0.795 bits per heavy atom. The molecule has 0 radical (unpaired) electrons. The van der Waals surface area contributed by atoms with Crippen LogP contribution in [0.15, 0.2) is 97.7 Å². The molecule has 0 unspecified atom stereocenters. The van der Waals surface area contributed by atoms with Crippen molar-refractivity contribution >= 4 is 28.4 Å². The number of aromatic nitrogens is 6. The molecule has 1 saturated heterocycles. The van der Waals surface area contributed by atoms with Gasteiger partial charge in [-0.1, -0.05) is 6.07 Å². The molecule has 4 aromatic heterocycles. The van der Waals surface area contributed by atoms with E-state index in [1.807, 2.05) is 36.4 Å². The van der Waals surface area contributed by atoms with E-state index in [2.05, 4.69) is 58.5 Å². The van der Waals surface area contributed by atoms with Gasteiger partial charge in [0.1, 0.15) is 11.4 Å². The summed E-state index contributed by atoms with van der Waals surface area (Å²) in [4.78, 5) is 45.6. The molecule has 6 aromatic rings. The number of anilines is 1. The molecule has 0 aliphatic carbocycles. The zero-order valence-corrected chi connectivity index (χ0v) is 23.8. The molecule has 5 heterocycles. The first-order valence-corrected chi connectivity index (χ1v) is 14.4. The molecule has 1 fully saturated rings. The first-order valence-electron chi connectivity index (χ1n) is 14.4. The fourth-order valence-electron chi connectivity index (χ4n) is 5.46. The third kappa shape index (κ3) is 5.50. The van der Waals surface area contributed by atoms with Crippen LogP contribution in [0.5, 0.6) is 0 Å². The second-order valence-corrected chi connectivity index (χ2v) is 10.5. The van der Waals surface area contributed by atoms with Gasteiger partial charge in [-0.15, -0.1) is 0 Å². The second-order valence-electron chi connectivity index (χ2n) is 10.5. The third-order valence-electron chi connectivity index (χ3n) is 7.87. The SMILES string of the molecule is O=C(NCC(=O)N1CCN(c2ccc(-c3ncccn3)cc2)CC1)c1cc(-c2ccc3[nH]nc(-c4ccncc4)c3c2)c[nH]1. The molecule has 0 spiro atoms. The Labute approximate surface area is 253 Å². The first-order chi connectivity index (χ1) is 21.6. The van der Waals surface area contributed by atoms with Crippen LogP contribution in [0.4, 0.5) is 5.69 Å². The quantitative estimate of drug-likeness (QED) is 0.257. The Bertz CT molecular complexity index is 1910. The van der Waals surface area contributed by atoms with Gasteiger partial charge in [-0.25, -0.2) is 9.97 Å². The molecule has 0 bridgehead atoms. The van der Waals surface area contributed by atoms with Crippen molar-refractivity contribution in [3.05, 3.63) is 103 Å². The van der Waals surface area contributed by atoms with Crippen LogP contribution in [0.1, 0.15) is 10.5 Å². The number of carbonyl (C=O) groups is 2. The van der Waals surface area contributed by atoms with Gasteiger partial charge in [0.05, 0.1) is 12.1 Å². The Hall–Kier alpha value is -5.84. The molecule has 11 nitrogen and oxygen atoms in total. The van der Waals surface area contributed by atoms with Crippen molar-refractivity contribution in [3.8, 4) is 33.8 Å². The van der Waals surface area contributed by atoms with Crippen LogP contribution < -0.4 is 10.2 Å². The fourth-order valence-corrected chi connectivity index (χ4v) is 5.46. The van der Waals surface area contributed by atoms with E-state index in [0.717, 1.165) is 44.5 Å².